The van der Waals surface area contributed by atoms with Gasteiger partial charge in [-0.1, -0.05) is 35.9 Å². The monoisotopic (exact) mass is 430 g/mol. The Morgan fingerprint density at radius 2 is 1.83 bits per heavy atom. The third-order valence-corrected chi connectivity index (χ3v) is 5.14. The molecule has 30 heavy (non-hydrogen) atoms. The van der Waals surface area contributed by atoms with Crippen molar-refractivity contribution in [2.45, 2.75) is 19.9 Å². The molecular weight excluding hydrogens is 403 g/mol. The lowest BCUT2D eigenvalue weighted by Gasteiger charge is -2.36. The molecule has 2 N–H and O–H groups in total. The van der Waals surface area contributed by atoms with E-state index >= 15 is 0 Å². The third kappa shape index (κ3) is 6.47. The van der Waals surface area contributed by atoms with Gasteiger partial charge in [0.2, 0.25) is 0 Å². The molecule has 0 aliphatic carbocycles. The van der Waals surface area contributed by atoms with Crippen LogP contribution in [0, 0.1) is 5.82 Å². The summed E-state index contributed by atoms with van der Waals surface area (Å²) in [5.74, 6) is -0.312. The largest absolute Gasteiger partial charge is 0.367 e. The van der Waals surface area contributed by atoms with Gasteiger partial charge >= 0.3 is 6.03 Å². The van der Waals surface area contributed by atoms with Gasteiger partial charge in [-0.15, -0.1) is 0 Å². The number of rotatable bonds is 6. The number of nitrogens with zero attached hydrogens (tertiary/aromatic N) is 2. The van der Waals surface area contributed by atoms with Crippen LogP contribution in [-0.2, 0) is 0 Å². The van der Waals surface area contributed by atoms with Gasteiger partial charge in [0.15, 0.2) is 0 Å². The Balaban J connectivity index is 1.57. The number of hydrogen-bond donors (Lipinski definition) is 2. The number of carbonyl (C=O) groups excluding carboxylic acids is 1. The van der Waals surface area contributed by atoms with Gasteiger partial charge in [-0.25, -0.2) is 9.18 Å². The van der Waals surface area contributed by atoms with Crippen molar-refractivity contribution in [1.29, 1.82) is 0 Å². The minimum Gasteiger partial charge on any atom is -0.367 e. The van der Waals surface area contributed by atoms with Crippen LogP contribution in [0.5, 0.6) is 0 Å². The molecule has 2 aromatic carbocycles. The van der Waals surface area contributed by atoms with Crippen LogP contribution in [0.25, 0.3) is 6.08 Å². The molecule has 5 nitrogen and oxygen atoms in total. The summed E-state index contributed by atoms with van der Waals surface area (Å²) >= 11 is 5.92. The van der Waals surface area contributed by atoms with E-state index in [-0.39, 0.29) is 17.9 Å². The first-order valence-corrected chi connectivity index (χ1v) is 10.5. The zero-order valence-electron chi connectivity index (χ0n) is 17.4. The molecule has 0 aromatic heterocycles. The zero-order chi connectivity index (χ0) is 21.5. The predicted octanol–water partition coefficient (Wildman–Crippen LogP) is 4.84. The average molecular weight is 431 g/mol. The summed E-state index contributed by atoms with van der Waals surface area (Å²) in [5.41, 5.74) is 2.45. The summed E-state index contributed by atoms with van der Waals surface area (Å²) in [6, 6.07) is 12.0. The SMILES string of the molecule is CC(C)NC(=O)Nc1ccc(F)cc1N1CCN(C/C=C/c2ccc(Cl)cc2)CC1. The van der Waals surface area contributed by atoms with Crippen LogP contribution < -0.4 is 15.5 Å². The molecule has 1 aliphatic rings. The molecule has 0 unspecified atom stereocenters. The second kappa shape index (κ2) is 10.5. The lowest BCUT2D eigenvalue weighted by Crippen LogP contribution is -2.46. The van der Waals surface area contributed by atoms with Crippen molar-refractivity contribution in [3.05, 3.63) is 64.9 Å². The van der Waals surface area contributed by atoms with Crippen molar-refractivity contribution in [3.63, 3.8) is 0 Å². The number of hydrogen-bond acceptors (Lipinski definition) is 3. The summed E-state index contributed by atoms with van der Waals surface area (Å²) in [7, 11) is 0. The highest BCUT2D eigenvalue weighted by atomic mass is 35.5. The minimum atomic E-state index is -0.312. The lowest BCUT2D eigenvalue weighted by atomic mass is 10.2. The smallest absolute Gasteiger partial charge is 0.319 e. The number of halogens is 2. The van der Waals surface area contributed by atoms with E-state index in [0.717, 1.165) is 43.3 Å². The van der Waals surface area contributed by atoms with E-state index in [4.69, 9.17) is 11.6 Å². The molecule has 7 heteroatoms. The van der Waals surface area contributed by atoms with Crippen molar-refractivity contribution in [1.82, 2.24) is 10.2 Å². The van der Waals surface area contributed by atoms with Gasteiger partial charge in [-0.2, -0.15) is 0 Å². The van der Waals surface area contributed by atoms with Crippen molar-refractivity contribution >= 4 is 35.1 Å². The molecule has 0 atom stereocenters. The first-order valence-electron chi connectivity index (χ1n) is 10.2. The second-order valence-electron chi connectivity index (χ2n) is 7.66. The quantitative estimate of drug-likeness (QED) is 0.689. The van der Waals surface area contributed by atoms with Gasteiger partial charge in [0, 0.05) is 43.8 Å². The van der Waals surface area contributed by atoms with Gasteiger partial charge in [0.05, 0.1) is 11.4 Å². The van der Waals surface area contributed by atoms with Gasteiger partial charge in [0.1, 0.15) is 5.82 Å². The van der Waals surface area contributed by atoms with Gasteiger partial charge in [0.25, 0.3) is 0 Å². The predicted molar refractivity (Wildman–Crippen MR) is 123 cm³/mol. The number of amides is 2. The molecule has 2 amide bonds. The molecule has 2 aromatic rings. The van der Waals surface area contributed by atoms with Gasteiger partial charge < -0.3 is 15.5 Å². The molecule has 3 rings (SSSR count). The van der Waals surface area contributed by atoms with Crippen molar-refractivity contribution in [2.75, 3.05) is 42.9 Å². The number of piperazine rings is 1. The number of benzene rings is 2. The fourth-order valence-corrected chi connectivity index (χ4v) is 3.50. The van der Waals surface area contributed by atoms with Gasteiger partial charge in [-0.3, -0.25) is 4.90 Å². The van der Waals surface area contributed by atoms with E-state index < -0.39 is 0 Å². The summed E-state index contributed by atoms with van der Waals surface area (Å²) in [5, 5.41) is 6.37. The summed E-state index contributed by atoms with van der Waals surface area (Å²) in [6.07, 6.45) is 4.23. The first-order chi connectivity index (χ1) is 14.4. The highest BCUT2D eigenvalue weighted by Crippen LogP contribution is 2.28. The molecule has 0 spiro atoms. The number of carbonyl (C=O) groups is 1. The summed E-state index contributed by atoms with van der Waals surface area (Å²) < 4.78 is 13.9. The van der Waals surface area contributed by atoms with Crippen LogP contribution in [0.4, 0.5) is 20.6 Å². The Labute approximate surface area is 182 Å². The third-order valence-electron chi connectivity index (χ3n) is 4.88. The van der Waals surface area contributed by atoms with E-state index in [1.54, 1.807) is 6.07 Å². The zero-order valence-corrected chi connectivity index (χ0v) is 18.1. The molecule has 0 bridgehead atoms. The molecule has 0 saturated carbocycles. The molecular formula is C23H28ClFN4O. The normalized spacial score (nSPS) is 15.0. The fraction of sp³-hybridized carbons (Fsp3) is 0.348. The van der Waals surface area contributed by atoms with E-state index in [0.29, 0.717) is 11.4 Å². The maximum absolute atomic E-state index is 13.9. The molecule has 1 heterocycles. The van der Waals surface area contributed by atoms with E-state index in [1.807, 2.05) is 38.1 Å². The highest BCUT2D eigenvalue weighted by Gasteiger charge is 2.20. The molecule has 1 aliphatic heterocycles. The van der Waals surface area contributed by atoms with Crippen LogP contribution in [0.15, 0.2) is 48.5 Å². The molecule has 1 saturated heterocycles. The van der Waals surface area contributed by atoms with E-state index in [1.165, 1.54) is 12.1 Å². The Hall–Kier alpha value is -2.57. The Kier molecular flexibility index (Phi) is 7.71. The van der Waals surface area contributed by atoms with Crippen molar-refractivity contribution in [3.8, 4) is 0 Å². The lowest BCUT2D eigenvalue weighted by molar-refractivity contribution is 0.250. The Bertz CT molecular complexity index is 877. The Morgan fingerprint density at radius 3 is 2.50 bits per heavy atom. The summed E-state index contributed by atoms with van der Waals surface area (Å²) in [6.45, 7) is 7.88. The van der Waals surface area contributed by atoms with Crippen LogP contribution in [0.2, 0.25) is 5.02 Å². The summed E-state index contributed by atoms with van der Waals surface area (Å²) in [4.78, 5) is 16.6. The average Bonchev–Trinajstić information content (AvgIpc) is 2.71. The minimum absolute atomic E-state index is 0.0263. The number of anilines is 2. The van der Waals surface area contributed by atoms with Crippen LogP contribution >= 0.6 is 11.6 Å². The molecule has 160 valence electrons. The fourth-order valence-electron chi connectivity index (χ4n) is 3.38. The maximum Gasteiger partial charge on any atom is 0.319 e. The number of nitrogens with one attached hydrogen (secondary N) is 2. The maximum atomic E-state index is 13.9. The van der Waals surface area contributed by atoms with Crippen molar-refractivity contribution < 1.29 is 9.18 Å². The standard InChI is InChI=1S/C23H28ClFN4O/c1-17(2)26-23(30)27-21-10-9-20(25)16-22(21)29-14-12-28(13-15-29)11-3-4-18-5-7-19(24)8-6-18/h3-10,16-17H,11-15H2,1-2H3,(H2,26,27,30)/b4-3+. The van der Waals surface area contributed by atoms with Crippen LogP contribution in [0.3, 0.4) is 0 Å². The highest BCUT2D eigenvalue weighted by molar-refractivity contribution is 6.30. The number of urea groups is 1. The first kappa shape index (κ1) is 22.1. The topological polar surface area (TPSA) is 47.6 Å². The van der Waals surface area contributed by atoms with E-state index in [2.05, 4.69) is 32.6 Å². The second-order valence-corrected chi connectivity index (χ2v) is 8.09. The van der Waals surface area contributed by atoms with E-state index in [9.17, 15) is 9.18 Å². The Morgan fingerprint density at radius 1 is 1.13 bits per heavy atom. The molecule has 0 radical (unpaired) electrons. The van der Waals surface area contributed by atoms with Crippen molar-refractivity contribution in [2.24, 2.45) is 0 Å². The van der Waals surface area contributed by atoms with Gasteiger partial charge in [-0.05, 0) is 49.7 Å². The van der Waals surface area contributed by atoms with Crippen LogP contribution in [-0.4, -0.2) is 49.7 Å². The van der Waals surface area contributed by atoms with Crippen LogP contribution in [0.1, 0.15) is 19.4 Å². The molecule has 1 fully saturated rings.